The largest absolute Gasteiger partial charge is 0.385 e. The average Bonchev–Trinajstić information content (AvgIpc) is 2.51. The summed E-state index contributed by atoms with van der Waals surface area (Å²) < 4.78 is 6.89. The first-order valence-electron chi connectivity index (χ1n) is 5.31. The third-order valence-electron chi connectivity index (χ3n) is 2.16. The third kappa shape index (κ3) is 4.40. The Morgan fingerprint density at radius 1 is 1.33 bits per heavy atom. The van der Waals surface area contributed by atoms with Crippen LogP contribution >= 0.6 is 0 Å². The van der Waals surface area contributed by atoms with Gasteiger partial charge >= 0.3 is 0 Å². The summed E-state index contributed by atoms with van der Waals surface area (Å²) >= 11 is 0. The lowest BCUT2D eigenvalue weighted by Crippen LogP contribution is -2.22. The first-order chi connectivity index (χ1) is 7.24. The van der Waals surface area contributed by atoms with E-state index in [1.165, 1.54) is 0 Å². The summed E-state index contributed by atoms with van der Waals surface area (Å²) in [6, 6.07) is 0. The van der Waals surface area contributed by atoms with Gasteiger partial charge in [0.2, 0.25) is 0 Å². The molecule has 1 aromatic heterocycles. The van der Waals surface area contributed by atoms with Crippen LogP contribution in [0.2, 0.25) is 0 Å². The van der Waals surface area contributed by atoms with Crippen LogP contribution in [0, 0.1) is 13.8 Å². The minimum Gasteiger partial charge on any atom is -0.385 e. The van der Waals surface area contributed by atoms with Crippen LogP contribution in [-0.4, -0.2) is 41.6 Å². The van der Waals surface area contributed by atoms with Gasteiger partial charge in [0.1, 0.15) is 11.6 Å². The number of rotatable bonds is 7. The lowest BCUT2D eigenvalue weighted by atomic mass is 10.4. The van der Waals surface area contributed by atoms with Gasteiger partial charge < -0.3 is 10.1 Å². The zero-order valence-electron chi connectivity index (χ0n) is 9.79. The van der Waals surface area contributed by atoms with E-state index in [9.17, 15) is 0 Å². The molecule has 86 valence electrons. The van der Waals surface area contributed by atoms with E-state index in [4.69, 9.17) is 4.74 Å². The number of methoxy groups -OCH3 is 1. The van der Waals surface area contributed by atoms with Gasteiger partial charge in [0.15, 0.2) is 0 Å². The van der Waals surface area contributed by atoms with Gasteiger partial charge in [-0.15, -0.1) is 0 Å². The van der Waals surface area contributed by atoms with Gasteiger partial charge in [0.25, 0.3) is 0 Å². The van der Waals surface area contributed by atoms with Crippen molar-refractivity contribution in [2.45, 2.75) is 26.8 Å². The molecule has 0 aromatic carbocycles. The number of ether oxygens (including phenoxy) is 1. The number of nitrogens with one attached hydrogen (secondary N) is 1. The van der Waals surface area contributed by atoms with Crippen LogP contribution in [0.15, 0.2) is 0 Å². The first-order valence-corrected chi connectivity index (χ1v) is 5.31. The summed E-state index contributed by atoms with van der Waals surface area (Å²) in [5, 5.41) is 7.62. The van der Waals surface area contributed by atoms with Crippen LogP contribution in [0.4, 0.5) is 0 Å². The molecule has 0 radical (unpaired) electrons. The highest BCUT2D eigenvalue weighted by Gasteiger charge is 2.00. The van der Waals surface area contributed by atoms with Gasteiger partial charge in [-0.05, 0) is 26.8 Å². The molecule has 1 heterocycles. The number of nitrogens with zero attached hydrogens (tertiary/aromatic N) is 3. The molecule has 0 spiro atoms. The molecule has 0 aliphatic rings. The monoisotopic (exact) mass is 212 g/mol. The number of aromatic nitrogens is 3. The highest BCUT2D eigenvalue weighted by molar-refractivity contribution is 4.87. The molecule has 5 heteroatoms. The predicted molar refractivity (Wildman–Crippen MR) is 58.9 cm³/mol. The van der Waals surface area contributed by atoms with Crippen molar-refractivity contribution in [3.8, 4) is 0 Å². The molecule has 0 saturated heterocycles. The first kappa shape index (κ1) is 12.1. The molecule has 1 aromatic rings. The van der Waals surface area contributed by atoms with Gasteiger partial charge in [-0.1, -0.05) is 0 Å². The molecule has 0 atom stereocenters. The van der Waals surface area contributed by atoms with E-state index in [-0.39, 0.29) is 0 Å². The number of hydrogen-bond acceptors (Lipinski definition) is 4. The van der Waals surface area contributed by atoms with Crippen LogP contribution in [0.1, 0.15) is 18.1 Å². The fraction of sp³-hybridized carbons (Fsp3) is 0.800. The topological polar surface area (TPSA) is 52.0 Å². The Balaban J connectivity index is 2.12. The Bertz CT molecular complexity index is 285. The van der Waals surface area contributed by atoms with E-state index in [0.29, 0.717) is 0 Å². The van der Waals surface area contributed by atoms with Gasteiger partial charge in [-0.25, -0.2) is 9.67 Å². The van der Waals surface area contributed by atoms with E-state index in [0.717, 1.165) is 44.3 Å². The van der Waals surface area contributed by atoms with Gasteiger partial charge in [-0.2, -0.15) is 5.10 Å². The summed E-state index contributed by atoms with van der Waals surface area (Å²) in [6.07, 6.45) is 1.05. The fourth-order valence-corrected chi connectivity index (χ4v) is 1.42. The van der Waals surface area contributed by atoms with Crippen molar-refractivity contribution >= 4 is 0 Å². The lowest BCUT2D eigenvalue weighted by Gasteiger charge is -2.05. The third-order valence-corrected chi connectivity index (χ3v) is 2.16. The van der Waals surface area contributed by atoms with Gasteiger partial charge in [0.05, 0.1) is 6.54 Å². The fourth-order valence-electron chi connectivity index (χ4n) is 1.42. The second-order valence-corrected chi connectivity index (χ2v) is 3.53. The summed E-state index contributed by atoms with van der Waals surface area (Å²) in [7, 11) is 1.72. The Morgan fingerprint density at radius 3 is 2.73 bits per heavy atom. The number of aryl methyl sites for hydroxylation is 2. The molecular weight excluding hydrogens is 192 g/mol. The normalized spacial score (nSPS) is 10.9. The maximum atomic E-state index is 4.96. The van der Waals surface area contributed by atoms with E-state index in [1.54, 1.807) is 7.11 Å². The predicted octanol–water partition coefficient (Wildman–Crippen LogP) is 0.521. The van der Waals surface area contributed by atoms with Crippen LogP contribution in [0.5, 0.6) is 0 Å². The second kappa shape index (κ2) is 6.53. The molecule has 0 unspecified atom stereocenters. The molecule has 0 aliphatic heterocycles. The van der Waals surface area contributed by atoms with Crippen LogP contribution < -0.4 is 5.32 Å². The van der Waals surface area contributed by atoms with Crippen molar-refractivity contribution in [2.75, 3.05) is 26.8 Å². The lowest BCUT2D eigenvalue weighted by molar-refractivity contribution is 0.194. The Morgan fingerprint density at radius 2 is 2.13 bits per heavy atom. The minimum atomic E-state index is 0.814. The van der Waals surface area contributed by atoms with Crippen LogP contribution in [0.25, 0.3) is 0 Å². The molecule has 0 amide bonds. The molecule has 1 N–H and O–H groups in total. The van der Waals surface area contributed by atoms with Crippen molar-refractivity contribution in [3.05, 3.63) is 11.6 Å². The van der Waals surface area contributed by atoms with E-state index in [1.807, 2.05) is 18.5 Å². The maximum Gasteiger partial charge on any atom is 0.147 e. The molecule has 15 heavy (non-hydrogen) atoms. The smallest absolute Gasteiger partial charge is 0.147 e. The quantitative estimate of drug-likeness (QED) is 0.670. The Labute approximate surface area is 90.8 Å². The van der Waals surface area contributed by atoms with E-state index >= 15 is 0 Å². The maximum absolute atomic E-state index is 4.96. The molecule has 0 saturated carbocycles. The SMILES string of the molecule is COCCCNCCn1nc(C)nc1C. The summed E-state index contributed by atoms with van der Waals surface area (Å²) in [5.74, 6) is 1.82. The van der Waals surface area contributed by atoms with E-state index < -0.39 is 0 Å². The van der Waals surface area contributed by atoms with Crippen LogP contribution in [0.3, 0.4) is 0 Å². The standard InChI is InChI=1S/C10H20N4O/c1-9-12-10(2)14(13-9)7-6-11-5-4-8-15-3/h11H,4-8H2,1-3H3. The second-order valence-electron chi connectivity index (χ2n) is 3.53. The van der Waals surface area contributed by atoms with Crippen molar-refractivity contribution in [1.29, 1.82) is 0 Å². The molecule has 0 aliphatic carbocycles. The number of hydrogen-bond donors (Lipinski definition) is 1. The average molecular weight is 212 g/mol. The molecule has 0 fully saturated rings. The van der Waals surface area contributed by atoms with Crippen molar-refractivity contribution in [2.24, 2.45) is 0 Å². The highest BCUT2D eigenvalue weighted by atomic mass is 16.5. The summed E-state index contributed by atoms with van der Waals surface area (Å²) in [4.78, 5) is 4.24. The summed E-state index contributed by atoms with van der Waals surface area (Å²) in [5.41, 5.74) is 0. The molecular formula is C10H20N4O. The van der Waals surface area contributed by atoms with Crippen LogP contribution in [-0.2, 0) is 11.3 Å². The van der Waals surface area contributed by atoms with E-state index in [2.05, 4.69) is 15.4 Å². The highest BCUT2D eigenvalue weighted by Crippen LogP contribution is 1.94. The van der Waals surface area contributed by atoms with Gasteiger partial charge in [-0.3, -0.25) is 0 Å². The van der Waals surface area contributed by atoms with Crippen molar-refractivity contribution in [3.63, 3.8) is 0 Å². The summed E-state index contributed by atoms with van der Waals surface area (Å²) in [6.45, 7) is 7.49. The zero-order chi connectivity index (χ0) is 11.1. The zero-order valence-corrected chi connectivity index (χ0v) is 9.79. The Hall–Kier alpha value is -0.940. The Kier molecular flexibility index (Phi) is 5.28. The molecule has 0 bridgehead atoms. The van der Waals surface area contributed by atoms with Crippen molar-refractivity contribution in [1.82, 2.24) is 20.1 Å². The van der Waals surface area contributed by atoms with Crippen molar-refractivity contribution < 1.29 is 4.74 Å². The molecule has 5 nitrogen and oxygen atoms in total. The minimum absolute atomic E-state index is 0.814. The molecule has 1 rings (SSSR count). The van der Waals surface area contributed by atoms with Gasteiger partial charge in [0, 0.05) is 20.3 Å².